The zero-order chi connectivity index (χ0) is 13.8. The van der Waals surface area contributed by atoms with Gasteiger partial charge in [-0.05, 0) is 27.0 Å². The minimum Gasteiger partial charge on any atom is -0.394 e. The lowest BCUT2D eigenvalue weighted by Gasteiger charge is -2.33. The van der Waals surface area contributed by atoms with Gasteiger partial charge in [-0.25, -0.2) is 0 Å². The van der Waals surface area contributed by atoms with Crippen LogP contribution >= 0.6 is 15.9 Å². The summed E-state index contributed by atoms with van der Waals surface area (Å²) >= 11 is 3.38. The van der Waals surface area contributed by atoms with Crippen molar-refractivity contribution >= 4 is 21.7 Å². The van der Waals surface area contributed by atoms with Crippen molar-refractivity contribution in [3.63, 3.8) is 0 Å². The van der Waals surface area contributed by atoms with Crippen molar-refractivity contribution in [2.24, 2.45) is 0 Å². The van der Waals surface area contributed by atoms with E-state index in [0.717, 1.165) is 4.47 Å². The molecule has 0 aliphatic rings. The number of halogens is 1. The number of hydrogen-bond donors (Lipinski definition) is 1. The molecule has 0 aliphatic heterocycles. The summed E-state index contributed by atoms with van der Waals surface area (Å²) in [6.07, 6.45) is 0.447. The van der Waals surface area contributed by atoms with Gasteiger partial charge in [0.15, 0.2) is 5.78 Å². The molecule has 1 aromatic rings. The first-order valence-electron chi connectivity index (χ1n) is 5.98. The first-order chi connectivity index (χ1) is 8.38. The van der Waals surface area contributed by atoms with Crippen LogP contribution in [0.5, 0.6) is 0 Å². The Morgan fingerprint density at radius 2 is 2.00 bits per heavy atom. The van der Waals surface area contributed by atoms with Gasteiger partial charge in [-0.3, -0.25) is 9.69 Å². The summed E-state index contributed by atoms with van der Waals surface area (Å²) in [6, 6.07) is 7.44. The van der Waals surface area contributed by atoms with Gasteiger partial charge in [0.05, 0.1) is 6.61 Å². The molecular weight excluding hydrogens is 294 g/mol. The molecule has 0 bridgehead atoms. The number of nitrogens with zero attached hydrogens (tertiary/aromatic N) is 1. The number of carbonyl (C=O) groups is 1. The highest BCUT2D eigenvalue weighted by Gasteiger charge is 2.22. The van der Waals surface area contributed by atoms with Crippen molar-refractivity contribution in [2.75, 3.05) is 20.2 Å². The van der Waals surface area contributed by atoms with Crippen molar-refractivity contribution in [3.8, 4) is 0 Å². The molecule has 0 unspecified atom stereocenters. The summed E-state index contributed by atoms with van der Waals surface area (Å²) in [4.78, 5) is 14.1. The topological polar surface area (TPSA) is 40.5 Å². The van der Waals surface area contributed by atoms with Crippen LogP contribution in [0, 0.1) is 0 Å². The lowest BCUT2D eigenvalue weighted by molar-refractivity contribution is 0.0725. The molecule has 0 amide bonds. The predicted molar refractivity (Wildman–Crippen MR) is 76.9 cm³/mol. The maximum absolute atomic E-state index is 12.1. The highest BCUT2D eigenvalue weighted by molar-refractivity contribution is 9.10. The van der Waals surface area contributed by atoms with Crippen LogP contribution in [0.1, 0.15) is 30.6 Å². The minimum absolute atomic E-state index is 0.0761. The third-order valence-electron chi connectivity index (χ3n) is 3.27. The number of rotatable bonds is 6. The average Bonchev–Trinajstić information content (AvgIpc) is 2.36. The molecule has 0 aliphatic carbocycles. The van der Waals surface area contributed by atoms with Gasteiger partial charge >= 0.3 is 0 Å². The van der Waals surface area contributed by atoms with E-state index in [9.17, 15) is 9.90 Å². The molecule has 18 heavy (non-hydrogen) atoms. The lowest BCUT2D eigenvalue weighted by Crippen LogP contribution is -2.45. The number of hydrogen-bond acceptors (Lipinski definition) is 3. The van der Waals surface area contributed by atoms with Crippen LogP contribution in [0.3, 0.4) is 0 Å². The second-order valence-corrected chi connectivity index (χ2v) is 5.90. The summed E-state index contributed by atoms with van der Waals surface area (Å²) in [5.74, 6) is 0.114. The van der Waals surface area contributed by atoms with Crippen molar-refractivity contribution < 1.29 is 9.90 Å². The third-order valence-corrected chi connectivity index (χ3v) is 3.96. The molecule has 0 atom stereocenters. The summed E-state index contributed by atoms with van der Waals surface area (Å²) < 4.78 is 0.832. The van der Waals surface area contributed by atoms with E-state index >= 15 is 0 Å². The molecule has 3 nitrogen and oxygen atoms in total. The first-order valence-corrected chi connectivity index (χ1v) is 6.77. The molecule has 1 aromatic carbocycles. The number of carbonyl (C=O) groups excluding carboxylic acids is 1. The van der Waals surface area contributed by atoms with E-state index in [1.54, 1.807) is 0 Å². The maximum atomic E-state index is 12.1. The van der Waals surface area contributed by atoms with Gasteiger partial charge in [0.25, 0.3) is 0 Å². The summed E-state index contributed by atoms with van der Waals surface area (Å²) in [6.45, 7) is 4.62. The molecule has 1 rings (SSSR count). The first kappa shape index (κ1) is 15.3. The Balaban J connectivity index is 2.60. The average molecular weight is 314 g/mol. The van der Waals surface area contributed by atoms with Gasteiger partial charge < -0.3 is 5.11 Å². The molecule has 0 heterocycles. The summed E-state index contributed by atoms with van der Waals surface area (Å²) in [5, 5.41) is 9.26. The predicted octanol–water partition coefficient (Wildman–Crippen LogP) is 2.72. The van der Waals surface area contributed by atoms with E-state index in [1.165, 1.54) is 0 Å². The van der Waals surface area contributed by atoms with E-state index in [0.29, 0.717) is 18.5 Å². The zero-order valence-corrected chi connectivity index (χ0v) is 12.7. The lowest BCUT2D eigenvalue weighted by atomic mass is 10.0. The van der Waals surface area contributed by atoms with E-state index in [1.807, 2.05) is 50.1 Å². The highest BCUT2D eigenvalue weighted by atomic mass is 79.9. The number of ketones is 1. The minimum atomic E-state index is -0.297. The molecule has 0 radical (unpaired) electrons. The van der Waals surface area contributed by atoms with Crippen molar-refractivity contribution in [3.05, 3.63) is 34.3 Å². The van der Waals surface area contributed by atoms with Gasteiger partial charge in [0.2, 0.25) is 0 Å². The normalized spacial score (nSPS) is 11.9. The smallest absolute Gasteiger partial charge is 0.165 e. The van der Waals surface area contributed by atoms with Gasteiger partial charge in [-0.15, -0.1) is 0 Å². The van der Waals surface area contributed by atoms with E-state index in [4.69, 9.17) is 0 Å². The largest absolute Gasteiger partial charge is 0.394 e. The highest BCUT2D eigenvalue weighted by Crippen LogP contribution is 2.18. The molecule has 4 heteroatoms. The Morgan fingerprint density at radius 1 is 1.39 bits per heavy atom. The number of aliphatic hydroxyl groups excluding tert-OH is 1. The quantitative estimate of drug-likeness (QED) is 0.821. The molecule has 0 fully saturated rings. The summed E-state index contributed by atoms with van der Waals surface area (Å²) in [7, 11) is 1.92. The van der Waals surface area contributed by atoms with Crippen LogP contribution in [0.4, 0.5) is 0 Å². The fourth-order valence-corrected chi connectivity index (χ4v) is 2.02. The number of Topliss-reactive ketones (excluding diaryl/α,β-unsaturated/α-hetero) is 1. The molecule has 100 valence electrons. The Morgan fingerprint density at radius 3 is 2.56 bits per heavy atom. The van der Waals surface area contributed by atoms with Crippen LogP contribution in [0.25, 0.3) is 0 Å². The van der Waals surface area contributed by atoms with E-state index in [2.05, 4.69) is 15.9 Å². The standard InChI is InChI=1S/C14H20BrNO2/c1-14(2,10-17)16(3)9-8-13(18)11-6-4-5-7-12(11)15/h4-7,17H,8-10H2,1-3H3. The number of likely N-dealkylation sites (N-methyl/N-ethyl adjacent to an activating group) is 1. The second kappa shape index (κ2) is 6.45. The third kappa shape index (κ3) is 3.90. The van der Waals surface area contributed by atoms with Gasteiger partial charge in [0.1, 0.15) is 0 Å². The number of benzene rings is 1. The Labute approximate surface area is 117 Å². The van der Waals surface area contributed by atoms with Crippen molar-refractivity contribution in [2.45, 2.75) is 25.8 Å². The maximum Gasteiger partial charge on any atom is 0.165 e. The number of aliphatic hydroxyl groups is 1. The Bertz CT molecular complexity index is 418. The van der Waals surface area contributed by atoms with Gasteiger partial charge in [-0.2, -0.15) is 0 Å². The van der Waals surface area contributed by atoms with Crippen LogP contribution in [0.15, 0.2) is 28.7 Å². The van der Waals surface area contributed by atoms with Crippen LogP contribution in [-0.2, 0) is 0 Å². The summed E-state index contributed by atoms with van der Waals surface area (Å²) in [5.41, 5.74) is 0.418. The van der Waals surface area contributed by atoms with Gasteiger partial charge in [0, 0.05) is 28.5 Å². The van der Waals surface area contributed by atoms with Crippen LogP contribution in [-0.4, -0.2) is 41.5 Å². The van der Waals surface area contributed by atoms with E-state index < -0.39 is 0 Å². The zero-order valence-electron chi connectivity index (χ0n) is 11.1. The fourth-order valence-electron chi connectivity index (χ4n) is 1.51. The molecule has 0 spiro atoms. The monoisotopic (exact) mass is 313 g/mol. The Kier molecular flexibility index (Phi) is 5.50. The van der Waals surface area contributed by atoms with Crippen molar-refractivity contribution in [1.82, 2.24) is 4.90 Å². The Hall–Kier alpha value is -0.710. The van der Waals surface area contributed by atoms with Gasteiger partial charge in [-0.1, -0.05) is 34.1 Å². The van der Waals surface area contributed by atoms with Crippen LogP contribution in [0.2, 0.25) is 0 Å². The fraction of sp³-hybridized carbons (Fsp3) is 0.500. The molecular formula is C14H20BrNO2. The molecule has 0 saturated carbocycles. The van der Waals surface area contributed by atoms with Crippen molar-refractivity contribution in [1.29, 1.82) is 0 Å². The molecule has 0 saturated heterocycles. The van der Waals surface area contributed by atoms with E-state index in [-0.39, 0.29) is 17.9 Å². The molecule has 0 aromatic heterocycles. The SMILES string of the molecule is CN(CCC(=O)c1ccccc1Br)C(C)(C)CO. The second-order valence-electron chi connectivity index (χ2n) is 5.05. The van der Waals surface area contributed by atoms with Crippen LogP contribution < -0.4 is 0 Å². The molecule has 1 N–H and O–H groups in total.